The highest BCUT2D eigenvalue weighted by molar-refractivity contribution is 6.01. The Morgan fingerprint density at radius 3 is 2.61 bits per heavy atom. The van der Waals surface area contributed by atoms with Gasteiger partial charge in [-0.05, 0) is 55.7 Å². The van der Waals surface area contributed by atoms with E-state index in [-0.39, 0.29) is 24.3 Å². The average Bonchev–Trinajstić information content (AvgIpc) is 3.11. The molecule has 0 aromatic heterocycles. The minimum Gasteiger partial charge on any atom is -0.332 e. The number of nitrogens with zero attached hydrogens (tertiary/aromatic N) is 2. The minimum absolute atomic E-state index is 0.0565. The zero-order valence-electron chi connectivity index (χ0n) is 16.5. The van der Waals surface area contributed by atoms with Crippen LogP contribution in [-0.2, 0) is 9.59 Å². The van der Waals surface area contributed by atoms with Crippen molar-refractivity contribution < 1.29 is 14.4 Å². The van der Waals surface area contributed by atoms with Crippen molar-refractivity contribution in [1.29, 1.82) is 0 Å². The number of hydrogen-bond acceptors (Lipinski definition) is 3. The van der Waals surface area contributed by atoms with Crippen molar-refractivity contribution >= 4 is 29.1 Å². The third-order valence-corrected chi connectivity index (χ3v) is 5.08. The van der Waals surface area contributed by atoms with Crippen LogP contribution >= 0.6 is 0 Å². The molecule has 0 aliphatic carbocycles. The molecule has 2 aromatic rings. The van der Waals surface area contributed by atoms with Gasteiger partial charge in [0.2, 0.25) is 11.8 Å². The number of rotatable bonds is 5. The molecule has 3 amide bonds. The molecular weight excluding hydrogens is 354 g/mol. The number of carbonyl (C=O) groups excluding carboxylic acids is 3. The molecule has 28 heavy (non-hydrogen) atoms. The van der Waals surface area contributed by atoms with Crippen molar-refractivity contribution in [1.82, 2.24) is 4.90 Å². The third-order valence-electron chi connectivity index (χ3n) is 5.08. The Bertz CT molecular complexity index is 923. The Morgan fingerprint density at radius 2 is 1.89 bits per heavy atom. The van der Waals surface area contributed by atoms with E-state index in [1.807, 2.05) is 38.1 Å². The van der Waals surface area contributed by atoms with E-state index in [0.29, 0.717) is 18.5 Å². The summed E-state index contributed by atoms with van der Waals surface area (Å²) in [5.41, 5.74) is 4.03. The number of aryl methyl sites for hydroxylation is 1. The van der Waals surface area contributed by atoms with Gasteiger partial charge in [-0.15, -0.1) is 0 Å². The van der Waals surface area contributed by atoms with E-state index in [1.165, 1.54) is 4.90 Å². The molecule has 1 fully saturated rings. The largest absolute Gasteiger partial charge is 0.332 e. The molecule has 3 rings (SSSR count). The highest BCUT2D eigenvalue weighted by atomic mass is 16.2. The van der Waals surface area contributed by atoms with E-state index in [0.717, 1.165) is 28.9 Å². The maximum atomic E-state index is 12.7. The van der Waals surface area contributed by atoms with E-state index >= 15 is 0 Å². The molecule has 1 saturated heterocycles. The molecule has 146 valence electrons. The first-order valence-corrected chi connectivity index (χ1v) is 9.39. The first-order valence-electron chi connectivity index (χ1n) is 9.39. The Balaban J connectivity index is 1.66. The summed E-state index contributed by atoms with van der Waals surface area (Å²) in [7, 11) is 1.60. The predicted octanol–water partition coefficient (Wildman–Crippen LogP) is 3.14. The number of hydrogen-bond donors (Lipinski definition) is 1. The molecule has 0 atom stereocenters. The normalized spacial score (nSPS) is 13.5. The van der Waals surface area contributed by atoms with Gasteiger partial charge in [0.05, 0.1) is 6.54 Å². The molecule has 1 aliphatic rings. The van der Waals surface area contributed by atoms with E-state index in [2.05, 4.69) is 5.32 Å². The van der Waals surface area contributed by atoms with Crippen LogP contribution in [0.25, 0.3) is 0 Å². The molecule has 1 aliphatic heterocycles. The van der Waals surface area contributed by atoms with Gasteiger partial charge < -0.3 is 15.1 Å². The summed E-state index contributed by atoms with van der Waals surface area (Å²) < 4.78 is 0. The SMILES string of the molecule is Cc1cccc(NC(=O)CN(C)C(=O)c2cccc(N3CCCC3=O)c2)c1C. The van der Waals surface area contributed by atoms with Crippen molar-refractivity contribution in [3.63, 3.8) is 0 Å². The van der Waals surface area contributed by atoms with E-state index < -0.39 is 0 Å². The van der Waals surface area contributed by atoms with Crippen LogP contribution < -0.4 is 10.2 Å². The van der Waals surface area contributed by atoms with E-state index in [1.54, 1.807) is 30.1 Å². The number of amides is 3. The van der Waals surface area contributed by atoms with E-state index in [9.17, 15) is 14.4 Å². The molecule has 0 unspecified atom stereocenters. The van der Waals surface area contributed by atoms with Crippen LogP contribution in [0.1, 0.15) is 34.3 Å². The maximum absolute atomic E-state index is 12.7. The van der Waals surface area contributed by atoms with Crippen LogP contribution in [0.15, 0.2) is 42.5 Å². The molecule has 2 aromatic carbocycles. The lowest BCUT2D eigenvalue weighted by molar-refractivity contribution is -0.117. The van der Waals surface area contributed by atoms with Crippen LogP contribution in [0.2, 0.25) is 0 Å². The average molecular weight is 379 g/mol. The summed E-state index contributed by atoms with van der Waals surface area (Å²) >= 11 is 0. The van der Waals surface area contributed by atoms with Gasteiger partial charge in [0, 0.05) is 37.0 Å². The highest BCUT2D eigenvalue weighted by Crippen LogP contribution is 2.23. The summed E-state index contributed by atoms with van der Waals surface area (Å²) in [4.78, 5) is 40.1. The Hall–Kier alpha value is -3.15. The quantitative estimate of drug-likeness (QED) is 0.868. The third kappa shape index (κ3) is 4.22. The second-order valence-corrected chi connectivity index (χ2v) is 7.16. The van der Waals surface area contributed by atoms with Gasteiger partial charge in [0.1, 0.15) is 0 Å². The zero-order chi connectivity index (χ0) is 20.3. The standard InChI is InChI=1S/C22H25N3O3/c1-15-7-4-10-19(16(15)2)23-20(26)14-24(3)22(28)17-8-5-9-18(13-17)25-12-6-11-21(25)27/h4-5,7-10,13H,6,11-12,14H2,1-3H3,(H,23,26). The van der Waals surface area contributed by atoms with Gasteiger partial charge in [-0.25, -0.2) is 0 Å². The smallest absolute Gasteiger partial charge is 0.254 e. The molecule has 6 heteroatoms. The van der Waals surface area contributed by atoms with Crippen molar-refractivity contribution in [3.8, 4) is 0 Å². The topological polar surface area (TPSA) is 69.7 Å². The van der Waals surface area contributed by atoms with Gasteiger partial charge in [-0.2, -0.15) is 0 Å². The van der Waals surface area contributed by atoms with Gasteiger partial charge in [0.25, 0.3) is 5.91 Å². The maximum Gasteiger partial charge on any atom is 0.254 e. The fourth-order valence-corrected chi connectivity index (χ4v) is 3.31. The summed E-state index contributed by atoms with van der Waals surface area (Å²) in [5, 5.41) is 2.86. The molecule has 6 nitrogen and oxygen atoms in total. The lowest BCUT2D eigenvalue weighted by atomic mass is 10.1. The molecule has 0 bridgehead atoms. The van der Waals surface area contributed by atoms with Gasteiger partial charge >= 0.3 is 0 Å². The molecule has 0 spiro atoms. The summed E-state index contributed by atoms with van der Waals surface area (Å²) in [5.74, 6) is -0.439. The van der Waals surface area contributed by atoms with Crippen LogP contribution in [0.5, 0.6) is 0 Å². The van der Waals surface area contributed by atoms with Crippen LogP contribution in [0.3, 0.4) is 0 Å². The molecule has 1 N–H and O–H groups in total. The van der Waals surface area contributed by atoms with Gasteiger partial charge in [0.15, 0.2) is 0 Å². The van der Waals surface area contributed by atoms with Crippen LogP contribution in [0, 0.1) is 13.8 Å². The van der Waals surface area contributed by atoms with Crippen LogP contribution in [-0.4, -0.2) is 42.8 Å². The number of likely N-dealkylation sites (N-methyl/N-ethyl adjacent to an activating group) is 1. The lowest BCUT2D eigenvalue weighted by Gasteiger charge is -2.20. The molecule has 1 heterocycles. The van der Waals surface area contributed by atoms with Crippen molar-refractivity contribution in [2.75, 3.05) is 30.4 Å². The predicted molar refractivity (Wildman–Crippen MR) is 110 cm³/mol. The number of carbonyl (C=O) groups is 3. The van der Waals surface area contributed by atoms with Crippen molar-refractivity contribution in [2.24, 2.45) is 0 Å². The first-order chi connectivity index (χ1) is 13.4. The second-order valence-electron chi connectivity index (χ2n) is 7.16. The summed E-state index contributed by atoms with van der Waals surface area (Å²) in [6.07, 6.45) is 1.37. The van der Waals surface area contributed by atoms with Gasteiger partial charge in [-0.3, -0.25) is 14.4 Å². The lowest BCUT2D eigenvalue weighted by Crippen LogP contribution is -2.35. The zero-order valence-corrected chi connectivity index (χ0v) is 16.5. The molecular formula is C22H25N3O3. The second kappa shape index (κ2) is 8.25. The van der Waals surface area contributed by atoms with Crippen molar-refractivity contribution in [2.45, 2.75) is 26.7 Å². The van der Waals surface area contributed by atoms with Crippen LogP contribution in [0.4, 0.5) is 11.4 Å². The Kier molecular flexibility index (Phi) is 5.78. The fourth-order valence-electron chi connectivity index (χ4n) is 3.31. The fraction of sp³-hybridized carbons (Fsp3) is 0.318. The van der Waals surface area contributed by atoms with E-state index in [4.69, 9.17) is 0 Å². The number of nitrogens with one attached hydrogen (secondary N) is 1. The number of benzene rings is 2. The number of anilines is 2. The minimum atomic E-state index is -0.260. The van der Waals surface area contributed by atoms with Gasteiger partial charge in [-0.1, -0.05) is 18.2 Å². The van der Waals surface area contributed by atoms with Crippen molar-refractivity contribution in [3.05, 3.63) is 59.2 Å². The Morgan fingerprint density at radius 1 is 1.14 bits per heavy atom. The molecule has 0 saturated carbocycles. The monoisotopic (exact) mass is 379 g/mol. The highest BCUT2D eigenvalue weighted by Gasteiger charge is 2.23. The Labute approximate surface area is 165 Å². The first kappa shape index (κ1) is 19.6. The molecule has 0 radical (unpaired) electrons. The summed E-state index contributed by atoms with van der Waals surface area (Å²) in [6, 6.07) is 12.7. The summed E-state index contributed by atoms with van der Waals surface area (Å²) in [6.45, 7) is 4.55.